The Morgan fingerprint density at radius 3 is 2.39 bits per heavy atom. The Kier molecular flexibility index (Phi) is 9.11. The van der Waals surface area contributed by atoms with Crippen molar-refractivity contribution in [2.24, 2.45) is 0 Å². The van der Waals surface area contributed by atoms with Crippen LogP contribution in [-0.2, 0) is 14.2 Å². The van der Waals surface area contributed by atoms with E-state index in [1.54, 1.807) is 19.2 Å². The average molecular weight is 535 g/mol. The van der Waals surface area contributed by atoms with Gasteiger partial charge in [0, 0.05) is 12.7 Å². The molecule has 2 aliphatic rings. The van der Waals surface area contributed by atoms with Crippen molar-refractivity contribution >= 4 is 6.08 Å². The molecule has 5 N–H and O–H groups in total. The minimum atomic E-state index is -1.56. The van der Waals surface area contributed by atoms with Gasteiger partial charge in [-0.05, 0) is 35.4 Å². The molecule has 0 amide bonds. The standard InChI is InChI=1S/C27H34O11/c1-33-8-4-5-14-9-16-17(13-36-27-24(32)23(31)22(30)21(12-28)37-27)25(38-26(16)20(10-14)35-3)15-6-7-18(29)19(11-15)34-2/h4-7,9-11,17,21-25,27-32H,8,12-13H2,1-3H3/b5-4+/t17-,21+,22+,23-,24+,25+,27+/m0/s1. The molecule has 0 saturated carbocycles. The fourth-order valence-corrected chi connectivity index (χ4v) is 4.70. The van der Waals surface area contributed by atoms with E-state index >= 15 is 0 Å². The third kappa shape index (κ3) is 5.59. The van der Waals surface area contributed by atoms with E-state index in [1.807, 2.05) is 24.3 Å². The van der Waals surface area contributed by atoms with Gasteiger partial charge in [0.25, 0.3) is 0 Å². The first kappa shape index (κ1) is 28.1. The molecule has 1 fully saturated rings. The lowest BCUT2D eigenvalue weighted by Gasteiger charge is -2.40. The second-order valence-corrected chi connectivity index (χ2v) is 9.11. The van der Waals surface area contributed by atoms with E-state index in [4.69, 9.17) is 28.4 Å². The smallest absolute Gasteiger partial charge is 0.186 e. The summed E-state index contributed by atoms with van der Waals surface area (Å²) in [7, 11) is 4.59. The predicted octanol–water partition coefficient (Wildman–Crippen LogP) is 1.10. The van der Waals surface area contributed by atoms with Crippen molar-refractivity contribution in [2.75, 3.05) is 41.2 Å². The minimum Gasteiger partial charge on any atom is -0.504 e. The number of phenols is 1. The molecule has 0 spiro atoms. The molecule has 4 rings (SSSR count). The summed E-state index contributed by atoms with van der Waals surface area (Å²) in [4.78, 5) is 0. The first-order chi connectivity index (χ1) is 18.3. The third-order valence-electron chi connectivity index (χ3n) is 6.73. The lowest BCUT2D eigenvalue weighted by molar-refractivity contribution is -0.302. The van der Waals surface area contributed by atoms with Crippen LogP contribution >= 0.6 is 0 Å². The summed E-state index contributed by atoms with van der Waals surface area (Å²) in [6, 6.07) is 8.65. The molecule has 2 aromatic rings. The molecule has 0 bridgehead atoms. The number of hydrogen-bond acceptors (Lipinski definition) is 11. The molecule has 2 heterocycles. The Morgan fingerprint density at radius 2 is 1.71 bits per heavy atom. The van der Waals surface area contributed by atoms with Crippen LogP contribution in [0.1, 0.15) is 28.7 Å². The molecule has 0 unspecified atom stereocenters. The molecule has 208 valence electrons. The van der Waals surface area contributed by atoms with Crippen molar-refractivity contribution in [1.29, 1.82) is 0 Å². The maximum Gasteiger partial charge on any atom is 0.186 e. The molecule has 1 saturated heterocycles. The molecule has 38 heavy (non-hydrogen) atoms. The van der Waals surface area contributed by atoms with Gasteiger partial charge >= 0.3 is 0 Å². The first-order valence-electron chi connectivity index (χ1n) is 12.2. The summed E-state index contributed by atoms with van der Waals surface area (Å²) >= 11 is 0. The highest BCUT2D eigenvalue weighted by Gasteiger charge is 2.45. The Balaban J connectivity index is 1.69. The maximum absolute atomic E-state index is 10.5. The Labute approximate surface area is 220 Å². The summed E-state index contributed by atoms with van der Waals surface area (Å²) in [5, 5.41) is 50.3. The summed E-state index contributed by atoms with van der Waals surface area (Å²) in [6.45, 7) is -0.169. The van der Waals surface area contributed by atoms with Gasteiger partial charge in [0.1, 0.15) is 30.5 Å². The van der Waals surface area contributed by atoms with Crippen LogP contribution in [0.15, 0.2) is 36.4 Å². The normalized spacial score (nSPS) is 28.8. The fraction of sp³-hybridized carbons (Fsp3) is 0.481. The van der Waals surface area contributed by atoms with Crippen molar-refractivity contribution in [1.82, 2.24) is 0 Å². The van der Waals surface area contributed by atoms with Crippen LogP contribution in [-0.4, -0.2) is 97.4 Å². The molecule has 11 heteroatoms. The number of aliphatic hydroxyl groups excluding tert-OH is 4. The maximum atomic E-state index is 10.5. The van der Waals surface area contributed by atoms with E-state index in [-0.39, 0.29) is 18.1 Å². The second-order valence-electron chi connectivity index (χ2n) is 9.11. The lowest BCUT2D eigenvalue weighted by atomic mass is 9.90. The van der Waals surface area contributed by atoms with Crippen LogP contribution in [0.5, 0.6) is 23.0 Å². The van der Waals surface area contributed by atoms with Gasteiger partial charge in [-0.3, -0.25) is 0 Å². The van der Waals surface area contributed by atoms with Crippen LogP contribution < -0.4 is 14.2 Å². The molecule has 11 nitrogen and oxygen atoms in total. The molecule has 0 aliphatic carbocycles. The molecular weight excluding hydrogens is 500 g/mol. The van der Waals surface area contributed by atoms with Crippen molar-refractivity contribution < 1.29 is 54.0 Å². The summed E-state index contributed by atoms with van der Waals surface area (Å²) < 4.78 is 33.8. The largest absolute Gasteiger partial charge is 0.504 e. The van der Waals surface area contributed by atoms with E-state index < -0.39 is 49.3 Å². The Bertz CT molecular complexity index is 1120. The third-order valence-corrected chi connectivity index (χ3v) is 6.73. The number of methoxy groups -OCH3 is 3. The van der Waals surface area contributed by atoms with E-state index in [2.05, 4.69) is 0 Å². The number of hydrogen-bond donors (Lipinski definition) is 5. The topological polar surface area (TPSA) is 157 Å². The van der Waals surface area contributed by atoms with Gasteiger partial charge in [0.2, 0.25) is 0 Å². The van der Waals surface area contributed by atoms with Gasteiger partial charge in [-0.15, -0.1) is 0 Å². The van der Waals surface area contributed by atoms with Crippen LogP contribution in [0.25, 0.3) is 6.08 Å². The predicted molar refractivity (Wildman–Crippen MR) is 134 cm³/mol. The van der Waals surface area contributed by atoms with Crippen LogP contribution in [0.3, 0.4) is 0 Å². The first-order valence-corrected chi connectivity index (χ1v) is 12.2. The zero-order chi connectivity index (χ0) is 27.4. The average Bonchev–Trinajstić information content (AvgIpc) is 3.29. The van der Waals surface area contributed by atoms with Gasteiger partial charge in [0.15, 0.2) is 29.3 Å². The number of aromatic hydroxyl groups is 1. The summed E-state index contributed by atoms with van der Waals surface area (Å²) in [6.07, 6.45) is -3.86. The van der Waals surface area contributed by atoms with Crippen LogP contribution in [0.2, 0.25) is 0 Å². The van der Waals surface area contributed by atoms with Gasteiger partial charge in [-0.25, -0.2) is 0 Å². The van der Waals surface area contributed by atoms with E-state index in [1.165, 1.54) is 20.3 Å². The number of rotatable bonds is 10. The molecule has 2 aliphatic heterocycles. The number of aliphatic hydroxyl groups is 4. The fourth-order valence-electron chi connectivity index (χ4n) is 4.70. The Hall–Kier alpha value is -2.90. The zero-order valence-electron chi connectivity index (χ0n) is 21.4. The lowest BCUT2D eigenvalue weighted by Crippen LogP contribution is -2.59. The number of ether oxygens (including phenoxy) is 6. The molecule has 0 aromatic heterocycles. The van der Waals surface area contributed by atoms with E-state index in [9.17, 15) is 25.5 Å². The van der Waals surface area contributed by atoms with Crippen molar-refractivity contribution in [3.05, 3.63) is 53.1 Å². The Morgan fingerprint density at radius 1 is 0.947 bits per heavy atom. The van der Waals surface area contributed by atoms with Gasteiger partial charge in [-0.1, -0.05) is 18.2 Å². The van der Waals surface area contributed by atoms with Gasteiger partial charge < -0.3 is 54.0 Å². The molecule has 7 atom stereocenters. The summed E-state index contributed by atoms with van der Waals surface area (Å²) in [5.41, 5.74) is 2.29. The molecule has 2 aromatic carbocycles. The quantitative estimate of drug-likeness (QED) is 0.297. The van der Waals surface area contributed by atoms with Crippen LogP contribution in [0, 0.1) is 0 Å². The second kappa shape index (κ2) is 12.3. The van der Waals surface area contributed by atoms with Crippen molar-refractivity contribution in [2.45, 2.75) is 42.7 Å². The minimum absolute atomic E-state index is 0.0240. The van der Waals surface area contributed by atoms with Crippen molar-refractivity contribution in [3.8, 4) is 23.0 Å². The SMILES string of the molecule is COC/C=C/c1cc(OC)c2c(c1)[C@H](CO[C@@H]1O[C@H](CO)[C@@H](O)[C@H](O)[C@H]1O)[C@@H](c1ccc(O)c(OC)c1)O2. The highest BCUT2D eigenvalue weighted by molar-refractivity contribution is 5.62. The monoisotopic (exact) mass is 534 g/mol. The summed E-state index contributed by atoms with van der Waals surface area (Å²) in [5.74, 6) is 0.813. The van der Waals surface area contributed by atoms with Gasteiger partial charge in [0.05, 0.1) is 40.0 Å². The van der Waals surface area contributed by atoms with E-state index in [0.717, 1.165) is 11.1 Å². The number of fused-ring (bicyclic) bond motifs is 1. The highest BCUT2D eigenvalue weighted by Crippen LogP contribution is 2.52. The molecule has 0 radical (unpaired) electrons. The highest BCUT2D eigenvalue weighted by atomic mass is 16.7. The number of benzene rings is 2. The van der Waals surface area contributed by atoms with Crippen molar-refractivity contribution in [3.63, 3.8) is 0 Å². The van der Waals surface area contributed by atoms with Crippen LogP contribution in [0.4, 0.5) is 0 Å². The number of phenolic OH excluding ortho intramolecular Hbond substituents is 1. The molecular formula is C27H34O11. The zero-order valence-corrected chi connectivity index (χ0v) is 21.4. The van der Waals surface area contributed by atoms with Gasteiger partial charge in [-0.2, -0.15) is 0 Å². The van der Waals surface area contributed by atoms with E-state index in [0.29, 0.717) is 23.7 Å².